The van der Waals surface area contributed by atoms with Gasteiger partial charge in [0.25, 0.3) is 0 Å². The van der Waals surface area contributed by atoms with E-state index in [1.54, 1.807) is 6.33 Å². The Morgan fingerprint density at radius 1 is 1.03 bits per heavy atom. The molecule has 4 aromatic heterocycles. The molecule has 0 unspecified atom stereocenters. The van der Waals surface area contributed by atoms with Crippen molar-refractivity contribution in [3.05, 3.63) is 85.9 Å². The van der Waals surface area contributed by atoms with Crippen molar-refractivity contribution in [1.29, 1.82) is 0 Å². The number of rotatable bonds is 4. The molecule has 1 fully saturated rings. The van der Waals surface area contributed by atoms with Gasteiger partial charge in [-0.25, -0.2) is 14.6 Å². The number of amidine groups is 1. The number of benzene rings is 1. The minimum absolute atomic E-state index is 0.0210. The maximum absolute atomic E-state index is 5.10. The van der Waals surface area contributed by atoms with Crippen LogP contribution in [0.3, 0.4) is 0 Å². The maximum atomic E-state index is 5.10. The van der Waals surface area contributed by atoms with Crippen molar-refractivity contribution in [2.45, 2.75) is 18.9 Å². The molecule has 0 bridgehead atoms. The van der Waals surface area contributed by atoms with Gasteiger partial charge in [-0.15, -0.1) is 0 Å². The van der Waals surface area contributed by atoms with E-state index >= 15 is 0 Å². The Bertz CT molecular complexity index is 1560. The minimum atomic E-state index is 0.0210. The number of nitrogens with zero attached hydrogens (tertiary/aromatic N) is 7. The number of hydrogen-bond donors (Lipinski definition) is 2. The van der Waals surface area contributed by atoms with Crippen LogP contribution < -0.4 is 9.80 Å². The molecule has 2 N–H and O–H groups in total. The van der Waals surface area contributed by atoms with Gasteiger partial charge < -0.3 is 9.88 Å². The fraction of sp³-hybridized carbons (Fsp3) is 0.154. The number of anilines is 2. The monoisotopic (exact) mass is 461 g/mol. The quantitative estimate of drug-likeness (QED) is 0.412. The van der Waals surface area contributed by atoms with Crippen LogP contribution in [-0.4, -0.2) is 48.2 Å². The van der Waals surface area contributed by atoms with E-state index in [-0.39, 0.29) is 6.04 Å². The first-order valence-corrected chi connectivity index (χ1v) is 11.7. The molecule has 1 aromatic carbocycles. The zero-order valence-electron chi connectivity index (χ0n) is 19.0. The van der Waals surface area contributed by atoms with Gasteiger partial charge in [-0.3, -0.25) is 10.00 Å². The van der Waals surface area contributed by atoms with Crippen molar-refractivity contribution in [3.63, 3.8) is 0 Å². The SMILES string of the molecule is C=C1c2cccn2N=C([C@@H]2CCCN2c2ncnc3[nH]cc(-c4cn[nH]c4)c23)N1c1ccccc1. The van der Waals surface area contributed by atoms with Crippen molar-refractivity contribution >= 4 is 34.1 Å². The number of fused-ring (bicyclic) bond motifs is 2. The molecule has 0 spiro atoms. The topological polar surface area (TPSA) is 94.0 Å². The van der Waals surface area contributed by atoms with Gasteiger partial charge in [0.2, 0.25) is 0 Å². The molecular formula is C26H23N9. The van der Waals surface area contributed by atoms with E-state index in [1.807, 2.05) is 53.7 Å². The number of aromatic nitrogens is 6. The van der Waals surface area contributed by atoms with Gasteiger partial charge in [-0.1, -0.05) is 24.8 Å². The van der Waals surface area contributed by atoms with Crippen LogP contribution in [0.15, 0.2) is 85.3 Å². The summed E-state index contributed by atoms with van der Waals surface area (Å²) < 4.78 is 1.93. The third-order valence-electron chi connectivity index (χ3n) is 6.83. The van der Waals surface area contributed by atoms with Crippen LogP contribution in [0.25, 0.3) is 27.9 Å². The van der Waals surface area contributed by atoms with Crippen molar-refractivity contribution < 1.29 is 0 Å². The molecule has 35 heavy (non-hydrogen) atoms. The molecule has 6 heterocycles. The first kappa shape index (κ1) is 19.8. The predicted molar refractivity (Wildman–Crippen MR) is 137 cm³/mol. The van der Waals surface area contributed by atoms with Crippen LogP contribution >= 0.6 is 0 Å². The highest BCUT2D eigenvalue weighted by atomic mass is 15.5. The summed E-state index contributed by atoms with van der Waals surface area (Å²) in [5.74, 6) is 1.84. The van der Waals surface area contributed by atoms with E-state index in [4.69, 9.17) is 10.1 Å². The largest absolute Gasteiger partial charge is 0.346 e. The summed E-state index contributed by atoms with van der Waals surface area (Å²) in [6.45, 7) is 5.33. The Kier molecular flexibility index (Phi) is 4.35. The van der Waals surface area contributed by atoms with Crippen LogP contribution in [0, 0.1) is 0 Å². The summed E-state index contributed by atoms with van der Waals surface area (Å²) in [6, 6.07) is 14.4. The van der Waals surface area contributed by atoms with Crippen molar-refractivity contribution in [2.24, 2.45) is 5.10 Å². The minimum Gasteiger partial charge on any atom is -0.346 e. The molecular weight excluding hydrogens is 438 g/mol. The lowest BCUT2D eigenvalue weighted by molar-refractivity contribution is 0.770. The van der Waals surface area contributed by atoms with Crippen molar-refractivity contribution in [1.82, 2.24) is 29.8 Å². The molecule has 0 amide bonds. The molecule has 0 aliphatic carbocycles. The molecule has 2 aliphatic heterocycles. The Labute approximate surface area is 201 Å². The molecule has 9 nitrogen and oxygen atoms in total. The molecule has 2 aliphatic rings. The first-order chi connectivity index (χ1) is 17.3. The highest BCUT2D eigenvalue weighted by molar-refractivity contribution is 6.14. The van der Waals surface area contributed by atoms with Crippen LogP contribution in [-0.2, 0) is 0 Å². The zero-order chi connectivity index (χ0) is 23.4. The van der Waals surface area contributed by atoms with Crippen LogP contribution in [0.4, 0.5) is 11.5 Å². The summed E-state index contributed by atoms with van der Waals surface area (Å²) in [7, 11) is 0. The zero-order valence-corrected chi connectivity index (χ0v) is 19.0. The summed E-state index contributed by atoms with van der Waals surface area (Å²) in [5, 5.41) is 13.1. The second-order valence-electron chi connectivity index (χ2n) is 8.78. The average molecular weight is 462 g/mol. The fourth-order valence-electron chi connectivity index (χ4n) is 5.26. The van der Waals surface area contributed by atoms with Gasteiger partial charge in [-0.2, -0.15) is 10.2 Å². The highest BCUT2D eigenvalue weighted by Gasteiger charge is 2.38. The number of para-hydroxylation sites is 1. The Morgan fingerprint density at radius 3 is 2.80 bits per heavy atom. The van der Waals surface area contributed by atoms with E-state index in [1.165, 1.54) is 0 Å². The molecule has 0 saturated carbocycles. The second-order valence-corrected chi connectivity index (χ2v) is 8.78. The van der Waals surface area contributed by atoms with Crippen LogP contribution in [0.2, 0.25) is 0 Å². The lowest BCUT2D eigenvalue weighted by atomic mass is 10.1. The molecule has 1 saturated heterocycles. The lowest BCUT2D eigenvalue weighted by Crippen LogP contribution is -2.47. The summed E-state index contributed by atoms with van der Waals surface area (Å²) in [5.41, 5.74) is 5.77. The fourth-order valence-corrected chi connectivity index (χ4v) is 5.26. The lowest BCUT2D eigenvalue weighted by Gasteiger charge is -2.37. The molecule has 9 heteroatoms. The van der Waals surface area contributed by atoms with E-state index in [9.17, 15) is 0 Å². The van der Waals surface area contributed by atoms with E-state index in [0.29, 0.717) is 0 Å². The average Bonchev–Trinajstić information content (AvgIpc) is 3.69. The molecule has 1 atom stereocenters. The smallest absolute Gasteiger partial charge is 0.157 e. The van der Waals surface area contributed by atoms with Crippen LogP contribution in [0.1, 0.15) is 18.5 Å². The Balaban J connectivity index is 1.38. The van der Waals surface area contributed by atoms with Gasteiger partial charge >= 0.3 is 0 Å². The van der Waals surface area contributed by atoms with E-state index in [2.05, 4.69) is 54.7 Å². The summed E-state index contributed by atoms with van der Waals surface area (Å²) in [4.78, 5) is 17.1. The highest BCUT2D eigenvalue weighted by Crippen LogP contribution is 2.39. The molecule has 7 rings (SSSR count). The summed E-state index contributed by atoms with van der Waals surface area (Å²) in [6.07, 6.45) is 11.3. The van der Waals surface area contributed by atoms with Gasteiger partial charge in [0.15, 0.2) is 5.84 Å². The predicted octanol–water partition coefficient (Wildman–Crippen LogP) is 4.47. The second kappa shape index (κ2) is 7.69. The Hall–Kier alpha value is -4.66. The number of aromatic amines is 2. The number of nitrogens with one attached hydrogen (secondary N) is 2. The van der Waals surface area contributed by atoms with E-state index < -0.39 is 0 Å². The third kappa shape index (κ3) is 3.01. The van der Waals surface area contributed by atoms with Gasteiger partial charge in [0.1, 0.15) is 17.8 Å². The van der Waals surface area contributed by atoms with Gasteiger partial charge in [-0.05, 0) is 37.1 Å². The Morgan fingerprint density at radius 2 is 1.94 bits per heavy atom. The summed E-state index contributed by atoms with van der Waals surface area (Å²) >= 11 is 0. The van der Waals surface area contributed by atoms with E-state index in [0.717, 1.165) is 70.3 Å². The van der Waals surface area contributed by atoms with Crippen molar-refractivity contribution in [3.8, 4) is 11.1 Å². The molecule has 172 valence electrons. The van der Waals surface area contributed by atoms with Gasteiger partial charge in [0, 0.05) is 41.9 Å². The number of hydrogen-bond acceptors (Lipinski definition) is 6. The van der Waals surface area contributed by atoms with Crippen molar-refractivity contribution in [2.75, 3.05) is 16.3 Å². The first-order valence-electron chi connectivity index (χ1n) is 11.7. The molecule has 5 aromatic rings. The number of H-pyrrole nitrogens is 2. The standard InChI is InChI=1S/C26H23N9/c1-17-21-9-6-12-34(21)32-25(35(17)19-7-3-2-4-8-19)22-10-5-11-33(22)26-23-20(18-13-30-31-14-18)15-27-24(23)28-16-29-26/h2-4,6-9,12-16,22H,1,5,10-11H2,(H,30,31)(H,27,28,29)/t22-/m0/s1. The van der Waals surface area contributed by atoms with Gasteiger partial charge in [0.05, 0.1) is 29.0 Å². The van der Waals surface area contributed by atoms with Crippen LogP contribution in [0.5, 0.6) is 0 Å². The maximum Gasteiger partial charge on any atom is 0.157 e. The third-order valence-corrected chi connectivity index (χ3v) is 6.83. The normalized spacial score (nSPS) is 17.8. The molecule has 0 radical (unpaired) electrons.